The summed E-state index contributed by atoms with van der Waals surface area (Å²) in [4.78, 5) is 30.9. The standard InChI is InChI=1S/C52H77NO19/c1-25-43(58)36(63-8)22-42(64-25)72-46-28(4)67-41(21-35(46)57)71-45-27(3)66-40(20-34(45)56)70-44-26(2)65-39(19-33(44)55)68-32-12-13-48(6)31(18-32)11-14-51(61)37(48)23-38(69-47(59)30-10-9-17-53-24-30)49(7)50(60,29(5)54)15-16-52(49,51)62/h9-11,17,24-28,32-46,55-58,60-62H,12-16,18-23H2,1-8H3/t25-,26-,27+,28+,32+,33-,34-,35-,36+,37+,38-,39+,40+,41+,42-,43+,44+,45-,46+,48-,49+,50+,51+,52-/m0/s1. The minimum Gasteiger partial charge on any atom is -0.458 e. The van der Waals surface area contributed by atoms with E-state index in [1.807, 2.05) is 13.0 Å². The van der Waals surface area contributed by atoms with Gasteiger partial charge in [-0.25, -0.2) is 4.79 Å². The van der Waals surface area contributed by atoms with E-state index in [-0.39, 0.29) is 63.0 Å². The topological polar surface area (TPSA) is 281 Å². The van der Waals surface area contributed by atoms with Gasteiger partial charge in [-0.1, -0.05) is 18.6 Å². The quantitative estimate of drug-likeness (QED) is 0.117. The number of pyridine rings is 1. The first-order valence-electron chi connectivity index (χ1n) is 25.9. The van der Waals surface area contributed by atoms with Gasteiger partial charge < -0.3 is 83.1 Å². The second kappa shape index (κ2) is 20.4. The van der Waals surface area contributed by atoms with Crippen molar-refractivity contribution in [3.8, 4) is 0 Å². The fourth-order valence-corrected chi connectivity index (χ4v) is 14.1. The molecule has 20 nitrogen and oxygen atoms in total. The number of aliphatic hydroxyl groups is 7. The average molecular weight is 1020 g/mol. The number of ketones is 1. The molecule has 3 saturated carbocycles. The molecule has 0 unspecified atom stereocenters. The Bertz CT molecular complexity index is 2100. The molecule has 8 aliphatic rings. The molecule has 5 heterocycles. The van der Waals surface area contributed by atoms with Gasteiger partial charge in [-0.2, -0.15) is 0 Å². The maximum atomic E-state index is 13.6. The van der Waals surface area contributed by atoms with E-state index in [1.54, 1.807) is 46.8 Å². The minimum absolute atomic E-state index is 0.0269. The van der Waals surface area contributed by atoms with E-state index in [9.17, 15) is 45.3 Å². The summed E-state index contributed by atoms with van der Waals surface area (Å²) in [5, 5.41) is 82.1. The van der Waals surface area contributed by atoms with Crippen LogP contribution in [0.15, 0.2) is 36.2 Å². The minimum atomic E-state index is -2.07. The van der Waals surface area contributed by atoms with E-state index in [0.29, 0.717) is 19.3 Å². The Kier molecular flexibility index (Phi) is 15.4. The second-order valence-electron chi connectivity index (χ2n) is 22.5. The lowest BCUT2D eigenvalue weighted by molar-refractivity contribution is -0.344. The van der Waals surface area contributed by atoms with Crippen LogP contribution in [0.4, 0.5) is 0 Å². The Morgan fingerprint density at radius 3 is 1.78 bits per heavy atom. The lowest BCUT2D eigenvalue weighted by Gasteiger charge is -2.67. The van der Waals surface area contributed by atoms with Crippen LogP contribution in [0, 0.1) is 16.7 Å². The Morgan fingerprint density at radius 1 is 0.722 bits per heavy atom. The van der Waals surface area contributed by atoms with Crippen LogP contribution in [0.3, 0.4) is 0 Å². The molecule has 1 aromatic heterocycles. The number of rotatable bonds is 12. The first kappa shape index (κ1) is 54.2. The predicted octanol–water partition coefficient (Wildman–Crippen LogP) is 2.27. The molecule has 0 amide bonds. The van der Waals surface area contributed by atoms with E-state index in [0.717, 1.165) is 5.57 Å². The molecular formula is C52H77NO19. The number of aromatic nitrogens is 1. The number of carbonyl (C=O) groups excluding carboxylic acids is 2. The Labute approximate surface area is 420 Å². The molecule has 7 N–H and O–H groups in total. The van der Waals surface area contributed by atoms with Crippen LogP contribution < -0.4 is 0 Å². The van der Waals surface area contributed by atoms with Crippen LogP contribution >= 0.6 is 0 Å². The van der Waals surface area contributed by atoms with Crippen molar-refractivity contribution < 1.29 is 92.7 Å². The number of esters is 1. The number of methoxy groups -OCH3 is 1. The van der Waals surface area contributed by atoms with Crippen molar-refractivity contribution in [2.45, 2.75) is 247 Å². The third-order valence-electron chi connectivity index (χ3n) is 18.4. The number of Topliss-reactive ketones (excluding diaryl/α,β-unsaturated/α-hetero) is 1. The van der Waals surface area contributed by atoms with Crippen molar-refractivity contribution in [2.24, 2.45) is 16.7 Å². The zero-order valence-corrected chi connectivity index (χ0v) is 42.6. The average Bonchev–Trinajstić information content (AvgIpc) is 3.56. The number of carbonyl (C=O) groups is 2. The van der Waals surface area contributed by atoms with Crippen molar-refractivity contribution in [1.29, 1.82) is 0 Å². The number of aliphatic hydroxyl groups excluding tert-OH is 4. The number of ether oxygens (including phenoxy) is 10. The van der Waals surface area contributed by atoms with E-state index < -0.39 is 150 Å². The van der Waals surface area contributed by atoms with E-state index in [4.69, 9.17) is 47.4 Å². The van der Waals surface area contributed by atoms with E-state index in [2.05, 4.69) is 4.98 Å². The lowest BCUT2D eigenvalue weighted by atomic mass is 9.42. The summed E-state index contributed by atoms with van der Waals surface area (Å²) < 4.78 is 61.2. The monoisotopic (exact) mass is 1020 g/mol. The van der Waals surface area contributed by atoms with E-state index in [1.165, 1.54) is 26.4 Å². The van der Waals surface area contributed by atoms with Crippen molar-refractivity contribution in [3.05, 3.63) is 41.7 Å². The Hall–Kier alpha value is -2.61. The van der Waals surface area contributed by atoms with Crippen LogP contribution in [0.5, 0.6) is 0 Å². The summed E-state index contributed by atoms with van der Waals surface area (Å²) in [5.41, 5.74) is -7.08. The molecule has 7 fully saturated rings. The predicted molar refractivity (Wildman–Crippen MR) is 249 cm³/mol. The van der Waals surface area contributed by atoms with Crippen LogP contribution in [0.1, 0.15) is 129 Å². The van der Waals surface area contributed by atoms with Gasteiger partial charge in [0.05, 0.1) is 65.9 Å². The van der Waals surface area contributed by atoms with Gasteiger partial charge in [0.25, 0.3) is 0 Å². The first-order chi connectivity index (χ1) is 34.0. The Morgan fingerprint density at radius 2 is 1.26 bits per heavy atom. The summed E-state index contributed by atoms with van der Waals surface area (Å²) >= 11 is 0. The van der Waals surface area contributed by atoms with Gasteiger partial charge in [-0.05, 0) is 104 Å². The van der Waals surface area contributed by atoms with Crippen molar-refractivity contribution in [1.82, 2.24) is 4.98 Å². The molecule has 4 aliphatic heterocycles. The molecule has 4 aliphatic carbocycles. The molecule has 72 heavy (non-hydrogen) atoms. The molecule has 0 aromatic carbocycles. The van der Waals surface area contributed by atoms with Gasteiger partial charge in [0.2, 0.25) is 0 Å². The zero-order valence-electron chi connectivity index (χ0n) is 42.6. The summed E-state index contributed by atoms with van der Waals surface area (Å²) in [6.07, 6.45) is -7.05. The Balaban J connectivity index is 0.787. The van der Waals surface area contributed by atoms with Gasteiger partial charge in [-0.15, -0.1) is 0 Å². The van der Waals surface area contributed by atoms with Crippen LogP contribution in [-0.4, -0.2) is 187 Å². The zero-order chi connectivity index (χ0) is 51.9. The number of fused-ring (bicyclic) bond motifs is 5. The van der Waals surface area contributed by atoms with Gasteiger partial charge in [-0.3, -0.25) is 9.78 Å². The maximum Gasteiger partial charge on any atom is 0.339 e. The van der Waals surface area contributed by atoms with Crippen LogP contribution in [0.2, 0.25) is 0 Å². The fourth-order valence-electron chi connectivity index (χ4n) is 14.1. The largest absolute Gasteiger partial charge is 0.458 e. The van der Waals surface area contributed by atoms with Gasteiger partial charge in [0.1, 0.15) is 47.3 Å². The smallest absolute Gasteiger partial charge is 0.339 e. The summed E-state index contributed by atoms with van der Waals surface area (Å²) in [6.45, 7) is 11.9. The third kappa shape index (κ3) is 9.23. The molecule has 0 radical (unpaired) electrons. The van der Waals surface area contributed by atoms with Crippen molar-refractivity contribution in [2.75, 3.05) is 7.11 Å². The number of hydrogen-bond acceptors (Lipinski definition) is 20. The highest BCUT2D eigenvalue weighted by Gasteiger charge is 2.81. The SMILES string of the molecule is CO[C@@H]1C[C@H](O[C@H]2[C@@H](O)C[C@@H](O[C@@H]3[C@@H](O)C[C@@H](O[C@@H]4[C@H](C)O[C@H](O[C@@H]5CC[C@@]6(C)C(=CC[C@@]7(O)[C@@H]6C[C@H](OC(=O)c6cccnc6)[C@@]6(C)[C@@]7(O)CC[C@@]6(O)C(C)=O)C5)C[C@@H]4O)O[C@@H]3C)O[C@@H]2C)O[C@@H](C)[C@H]1O. The maximum absolute atomic E-state index is 13.6. The highest BCUT2D eigenvalue weighted by atomic mass is 16.8. The molecule has 0 bridgehead atoms. The fraction of sp³-hybridized carbons (Fsp3) is 0.827. The molecule has 4 saturated heterocycles. The highest BCUT2D eigenvalue weighted by molar-refractivity contribution is 5.90. The second-order valence-corrected chi connectivity index (χ2v) is 22.5. The summed E-state index contributed by atoms with van der Waals surface area (Å²) in [5.74, 6) is -1.91. The molecule has 20 heteroatoms. The summed E-state index contributed by atoms with van der Waals surface area (Å²) in [6, 6.07) is 3.16. The van der Waals surface area contributed by atoms with Crippen LogP contribution in [0.25, 0.3) is 0 Å². The lowest BCUT2D eigenvalue weighted by Crippen LogP contribution is -2.78. The van der Waals surface area contributed by atoms with Gasteiger partial charge in [0.15, 0.2) is 30.9 Å². The third-order valence-corrected chi connectivity index (χ3v) is 18.4. The number of nitrogens with zero attached hydrogens (tertiary/aromatic N) is 1. The van der Waals surface area contributed by atoms with Gasteiger partial charge >= 0.3 is 5.97 Å². The summed E-state index contributed by atoms with van der Waals surface area (Å²) in [7, 11) is 1.51. The van der Waals surface area contributed by atoms with Crippen LogP contribution in [-0.2, 0) is 52.2 Å². The van der Waals surface area contributed by atoms with Gasteiger partial charge in [0, 0.05) is 51.1 Å². The molecule has 24 atom stereocenters. The molecule has 1 aromatic rings. The first-order valence-corrected chi connectivity index (χ1v) is 25.9. The van der Waals surface area contributed by atoms with Crippen molar-refractivity contribution >= 4 is 11.8 Å². The molecule has 404 valence electrons. The normalized spacial score (nSPS) is 50.5. The molecule has 0 spiro atoms. The molecule has 9 rings (SSSR count). The van der Waals surface area contributed by atoms with Crippen molar-refractivity contribution in [3.63, 3.8) is 0 Å². The number of hydrogen-bond donors (Lipinski definition) is 7. The molecular weight excluding hydrogens is 943 g/mol. The van der Waals surface area contributed by atoms with E-state index >= 15 is 0 Å². The highest BCUT2D eigenvalue weighted by Crippen LogP contribution is 2.71.